The highest BCUT2D eigenvalue weighted by molar-refractivity contribution is 6.31. The fourth-order valence-corrected chi connectivity index (χ4v) is 2.64. The normalized spacial score (nSPS) is 10.5. The van der Waals surface area contributed by atoms with Crippen LogP contribution in [-0.4, -0.2) is 21.9 Å². The molecule has 3 aromatic rings. The van der Waals surface area contributed by atoms with Crippen molar-refractivity contribution in [1.29, 1.82) is 0 Å². The minimum atomic E-state index is -0.279. The van der Waals surface area contributed by atoms with E-state index in [-0.39, 0.29) is 11.7 Å². The summed E-state index contributed by atoms with van der Waals surface area (Å²) in [5.41, 5.74) is 2.72. The number of carbonyl (C=O) groups excluding carboxylic acids is 2. The second kappa shape index (κ2) is 7.32. The molecule has 0 aliphatic heterocycles. The van der Waals surface area contributed by atoms with Crippen LogP contribution in [0.2, 0.25) is 5.02 Å². The highest BCUT2D eigenvalue weighted by atomic mass is 35.5. The van der Waals surface area contributed by atoms with Gasteiger partial charge in [0.15, 0.2) is 5.78 Å². The van der Waals surface area contributed by atoms with E-state index in [1.165, 1.54) is 18.5 Å². The predicted molar refractivity (Wildman–Crippen MR) is 97.2 cm³/mol. The summed E-state index contributed by atoms with van der Waals surface area (Å²) in [6.45, 7) is 2.03. The van der Waals surface area contributed by atoms with Crippen LogP contribution in [0.25, 0.3) is 0 Å². The number of H-pyrrole nitrogens is 1. The van der Waals surface area contributed by atoms with Crippen molar-refractivity contribution in [1.82, 2.24) is 10.2 Å². The van der Waals surface area contributed by atoms with E-state index in [9.17, 15) is 9.59 Å². The number of amides is 1. The van der Waals surface area contributed by atoms with Crippen molar-refractivity contribution in [3.8, 4) is 0 Å². The second-order valence-electron chi connectivity index (χ2n) is 5.51. The van der Waals surface area contributed by atoms with Crippen molar-refractivity contribution >= 4 is 29.0 Å². The number of aromatic nitrogens is 2. The molecule has 126 valence electrons. The van der Waals surface area contributed by atoms with Crippen LogP contribution in [0.4, 0.5) is 5.69 Å². The van der Waals surface area contributed by atoms with Crippen LogP contribution in [-0.2, 0) is 6.42 Å². The van der Waals surface area contributed by atoms with Crippen molar-refractivity contribution in [3.63, 3.8) is 0 Å². The standard InChI is InChI=1S/C19H16ClN3O2/c1-2-12-4-3-5-13(8-12)19(25)23-17-7-6-15(20)9-16(17)18(24)14-10-21-22-11-14/h3-11H,2H2,1H3,(H,21,22)(H,23,25). The predicted octanol–water partition coefficient (Wildman–Crippen LogP) is 4.11. The molecule has 5 nitrogen and oxygen atoms in total. The van der Waals surface area contributed by atoms with Gasteiger partial charge in [0.05, 0.1) is 17.4 Å². The largest absolute Gasteiger partial charge is 0.321 e. The summed E-state index contributed by atoms with van der Waals surface area (Å²) >= 11 is 6.03. The number of ketones is 1. The van der Waals surface area contributed by atoms with E-state index in [1.54, 1.807) is 18.2 Å². The first kappa shape index (κ1) is 16.9. The van der Waals surface area contributed by atoms with Crippen LogP contribution in [0.15, 0.2) is 54.9 Å². The summed E-state index contributed by atoms with van der Waals surface area (Å²) in [7, 11) is 0. The van der Waals surface area contributed by atoms with Crippen LogP contribution >= 0.6 is 11.6 Å². The molecule has 1 aromatic heterocycles. The third-order valence-corrected chi connectivity index (χ3v) is 4.07. The number of carbonyl (C=O) groups is 2. The Balaban J connectivity index is 1.92. The van der Waals surface area contributed by atoms with Crippen LogP contribution in [0.5, 0.6) is 0 Å². The lowest BCUT2D eigenvalue weighted by molar-refractivity contribution is 0.102. The molecule has 0 unspecified atom stereocenters. The first-order valence-corrected chi connectivity index (χ1v) is 8.19. The van der Waals surface area contributed by atoms with Gasteiger partial charge in [0, 0.05) is 22.3 Å². The molecule has 0 fully saturated rings. The molecule has 1 amide bonds. The van der Waals surface area contributed by atoms with Crippen molar-refractivity contribution in [2.75, 3.05) is 5.32 Å². The van der Waals surface area contributed by atoms with E-state index >= 15 is 0 Å². The Morgan fingerprint density at radius 2 is 2.00 bits per heavy atom. The third kappa shape index (κ3) is 3.78. The van der Waals surface area contributed by atoms with Crippen molar-refractivity contribution in [2.24, 2.45) is 0 Å². The fraction of sp³-hybridized carbons (Fsp3) is 0.105. The molecule has 6 heteroatoms. The Labute approximate surface area is 150 Å². The summed E-state index contributed by atoms with van der Waals surface area (Å²) in [6, 6.07) is 12.2. The Hall–Kier alpha value is -2.92. The molecule has 0 saturated heterocycles. The van der Waals surface area contributed by atoms with E-state index in [2.05, 4.69) is 15.5 Å². The number of hydrogen-bond acceptors (Lipinski definition) is 3. The summed E-state index contributed by atoms with van der Waals surface area (Å²) in [5, 5.41) is 9.60. The number of aromatic amines is 1. The van der Waals surface area contributed by atoms with E-state index in [0.717, 1.165) is 12.0 Å². The Bertz CT molecular complexity index is 920. The Morgan fingerprint density at radius 1 is 1.16 bits per heavy atom. The molecule has 0 atom stereocenters. The number of benzene rings is 2. The van der Waals surface area contributed by atoms with Gasteiger partial charge in [0.25, 0.3) is 5.91 Å². The molecule has 0 aliphatic carbocycles. The number of anilines is 1. The summed E-state index contributed by atoms with van der Waals surface area (Å²) in [5.74, 6) is -0.548. The van der Waals surface area contributed by atoms with Gasteiger partial charge in [-0.2, -0.15) is 5.10 Å². The van der Waals surface area contributed by atoms with Crippen LogP contribution in [0.3, 0.4) is 0 Å². The number of rotatable bonds is 5. The van der Waals surface area contributed by atoms with Gasteiger partial charge in [-0.05, 0) is 42.3 Å². The topological polar surface area (TPSA) is 74.8 Å². The quantitative estimate of drug-likeness (QED) is 0.678. The van der Waals surface area contributed by atoms with Crippen molar-refractivity contribution < 1.29 is 9.59 Å². The maximum Gasteiger partial charge on any atom is 0.255 e. The number of hydrogen-bond donors (Lipinski definition) is 2. The summed E-state index contributed by atoms with van der Waals surface area (Å²) in [4.78, 5) is 25.2. The van der Waals surface area contributed by atoms with Crippen molar-refractivity contribution in [2.45, 2.75) is 13.3 Å². The molecule has 0 spiro atoms. The van der Waals surface area contributed by atoms with Gasteiger partial charge in [0.2, 0.25) is 0 Å². The molecule has 2 N–H and O–H groups in total. The Morgan fingerprint density at radius 3 is 2.72 bits per heavy atom. The number of halogens is 1. The minimum absolute atomic E-state index is 0.270. The van der Waals surface area contributed by atoms with E-state index in [4.69, 9.17) is 11.6 Å². The summed E-state index contributed by atoms with van der Waals surface area (Å²) < 4.78 is 0. The zero-order valence-electron chi connectivity index (χ0n) is 13.5. The smallest absolute Gasteiger partial charge is 0.255 e. The zero-order chi connectivity index (χ0) is 17.8. The van der Waals surface area contributed by atoms with Gasteiger partial charge in [-0.15, -0.1) is 0 Å². The SMILES string of the molecule is CCc1cccc(C(=O)Nc2ccc(Cl)cc2C(=O)c2cn[nH]c2)c1. The monoisotopic (exact) mass is 353 g/mol. The molecule has 2 aromatic carbocycles. The Kier molecular flexibility index (Phi) is 4.95. The number of nitrogens with one attached hydrogen (secondary N) is 2. The van der Waals surface area contributed by atoms with Gasteiger partial charge < -0.3 is 5.32 Å². The molecular formula is C19H16ClN3O2. The lowest BCUT2D eigenvalue weighted by Gasteiger charge is -2.11. The first-order valence-electron chi connectivity index (χ1n) is 7.82. The van der Waals surface area contributed by atoms with Crippen LogP contribution in [0.1, 0.15) is 38.8 Å². The molecule has 3 rings (SSSR count). The van der Waals surface area contributed by atoms with E-state index in [1.807, 2.05) is 25.1 Å². The molecule has 0 radical (unpaired) electrons. The average molecular weight is 354 g/mol. The van der Waals surface area contributed by atoms with Gasteiger partial charge >= 0.3 is 0 Å². The lowest BCUT2D eigenvalue weighted by atomic mass is 10.0. The number of aryl methyl sites for hydroxylation is 1. The molecule has 25 heavy (non-hydrogen) atoms. The van der Waals surface area contributed by atoms with Crippen LogP contribution < -0.4 is 5.32 Å². The maximum absolute atomic E-state index is 12.6. The molecular weight excluding hydrogens is 338 g/mol. The van der Waals surface area contributed by atoms with Crippen LogP contribution in [0, 0.1) is 0 Å². The maximum atomic E-state index is 12.6. The van der Waals surface area contributed by atoms with Crippen molar-refractivity contribution in [3.05, 3.63) is 82.1 Å². The molecule has 0 bridgehead atoms. The molecule has 0 aliphatic rings. The van der Waals surface area contributed by atoms with E-state index < -0.39 is 0 Å². The van der Waals surface area contributed by atoms with Gasteiger partial charge in [-0.25, -0.2) is 0 Å². The minimum Gasteiger partial charge on any atom is -0.321 e. The highest BCUT2D eigenvalue weighted by Crippen LogP contribution is 2.24. The zero-order valence-corrected chi connectivity index (χ0v) is 14.3. The number of nitrogens with zero attached hydrogens (tertiary/aromatic N) is 1. The van der Waals surface area contributed by atoms with Gasteiger partial charge in [-0.3, -0.25) is 14.7 Å². The molecule has 1 heterocycles. The van der Waals surface area contributed by atoms with Gasteiger partial charge in [0.1, 0.15) is 0 Å². The fourth-order valence-electron chi connectivity index (χ4n) is 2.47. The first-order chi connectivity index (χ1) is 12.1. The lowest BCUT2D eigenvalue weighted by Crippen LogP contribution is -2.15. The molecule has 0 saturated carbocycles. The third-order valence-electron chi connectivity index (χ3n) is 3.83. The summed E-state index contributed by atoms with van der Waals surface area (Å²) in [6.07, 6.45) is 3.77. The van der Waals surface area contributed by atoms with E-state index in [0.29, 0.717) is 27.4 Å². The second-order valence-corrected chi connectivity index (χ2v) is 5.95. The van der Waals surface area contributed by atoms with Gasteiger partial charge in [-0.1, -0.05) is 30.7 Å². The highest BCUT2D eigenvalue weighted by Gasteiger charge is 2.17. The average Bonchev–Trinajstić information content (AvgIpc) is 3.17.